The largest absolute Gasteiger partial charge is 0.270 e. The lowest BCUT2D eigenvalue weighted by Gasteiger charge is -2.11. The normalized spacial score (nSPS) is 43.6. The van der Waals surface area contributed by atoms with Crippen molar-refractivity contribution in [3.8, 4) is 0 Å². The summed E-state index contributed by atoms with van der Waals surface area (Å²) in [5, 5.41) is -0.175. The summed E-state index contributed by atoms with van der Waals surface area (Å²) in [6, 6.07) is 0. The van der Waals surface area contributed by atoms with Gasteiger partial charge in [-0.3, -0.25) is 4.18 Å². The van der Waals surface area contributed by atoms with Crippen LogP contribution in [0.15, 0.2) is 0 Å². The van der Waals surface area contributed by atoms with Crippen LogP contribution in [0.5, 0.6) is 0 Å². The van der Waals surface area contributed by atoms with Gasteiger partial charge in [-0.05, 0) is 25.7 Å². The summed E-state index contributed by atoms with van der Waals surface area (Å²) in [5.74, 6) is 0. The van der Waals surface area contributed by atoms with E-state index in [1.807, 2.05) is 0 Å². The number of hydrogen-bond acceptors (Lipinski definition) is 3. The molecule has 0 radical (unpaired) electrons. The van der Waals surface area contributed by atoms with Crippen molar-refractivity contribution in [3.63, 3.8) is 0 Å². The Morgan fingerprint density at radius 1 is 1.30 bits per heavy atom. The zero-order valence-electron chi connectivity index (χ0n) is 5.62. The predicted octanol–water partition coefficient (Wildman–Crippen LogP) is 0.658. The van der Waals surface area contributed by atoms with Crippen LogP contribution in [0, 0.1) is 0 Å². The second-order valence-electron chi connectivity index (χ2n) is 3.00. The minimum absolute atomic E-state index is 0.0174. The highest BCUT2D eigenvalue weighted by molar-refractivity contribution is 7.87. The van der Waals surface area contributed by atoms with E-state index in [0.717, 1.165) is 25.7 Å². The van der Waals surface area contributed by atoms with Gasteiger partial charge in [0.1, 0.15) is 0 Å². The Hall–Kier alpha value is -0.0900. The van der Waals surface area contributed by atoms with E-state index in [9.17, 15) is 8.42 Å². The molecular formula is C6H10O3S. The standard InChI is InChI=1S/C6H10O3S/c7-10(8)6-3-1-2-5(4-6)9-10/h5-6H,1-4H2. The molecule has 4 heteroatoms. The lowest BCUT2D eigenvalue weighted by molar-refractivity contribution is 0.210. The fourth-order valence-corrected chi connectivity index (χ4v) is 3.34. The van der Waals surface area contributed by atoms with E-state index in [1.54, 1.807) is 0 Å². The van der Waals surface area contributed by atoms with Crippen LogP contribution >= 0.6 is 0 Å². The zero-order chi connectivity index (χ0) is 7.19. The van der Waals surface area contributed by atoms with Gasteiger partial charge in [-0.15, -0.1) is 0 Å². The lowest BCUT2D eigenvalue weighted by Crippen LogP contribution is -2.16. The summed E-state index contributed by atoms with van der Waals surface area (Å²) >= 11 is 0. The van der Waals surface area contributed by atoms with Crippen molar-refractivity contribution in [1.82, 2.24) is 0 Å². The van der Waals surface area contributed by atoms with Gasteiger partial charge in [0.2, 0.25) is 0 Å². The molecule has 0 spiro atoms. The third-order valence-corrected chi connectivity index (χ3v) is 4.04. The maximum absolute atomic E-state index is 11.0. The first kappa shape index (κ1) is 6.61. The molecule has 0 aromatic rings. The molecule has 0 aromatic carbocycles. The van der Waals surface area contributed by atoms with Gasteiger partial charge >= 0.3 is 0 Å². The summed E-state index contributed by atoms with van der Waals surface area (Å²) < 4.78 is 26.9. The fourth-order valence-electron chi connectivity index (χ4n) is 1.72. The van der Waals surface area contributed by atoms with Gasteiger partial charge in [0.15, 0.2) is 0 Å². The second-order valence-corrected chi connectivity index (χ2v) is 4.84. The van der Waals surface area contributed by atoms with Gasteiger partial charge in [-0.25, -0.2) is 0 Å². The fraction of sp³-hybridized carbons (Fsp3) is 1.00. The van der Waals surface area contributed by atoms with Crippen molar-refractivity contribution >= 4 is 10.1 Å². The molecule has 0 amide bonds. The summed E-state index contributed by atoms with van der Waals surface area (Å²) in [5.41, 5.74) is 0. The number of rotatable bonds is 0. The van der Waals surface area contributed by atoms with E-state index >= 15 is 0 Å². The molecule has 3 nitrogen and oxygen atoms in total. The molecule has 2 atom stereocenters. The number of hydrogen-bond donors (Lipinski definition) is 0. The summed E-state index contributed by atoms with van der Waals surface area (Å²) in [4.78, 5) is 0. The molecule has 10 heavy (non-hydrogen) atoms. The van der Waals surface area contributed by atoms with Gasteiger partial charge in [-0.1, -0.05) is 0 Å². The van der Waals surface area contributed by atoms with Crippen molar-refractivity contribution in [2.45, 2.75) is 37.0 Å². The molecular weight excluding hydrogens is 152 g/mol. The van der Waals surface area contributed by atoms with Crippen molar-refractivity contribution in [2.24, 2.45) is 0 Å². The third kappa shape index (κ3) is 0.864. The summed E-state index contributed by atoms with van der Waals surface area (Å²) in [6.45, 7) is 0. The third-order valence-electron chi connectivity index (χ3n) is 2.26. The molecule has 2 aliphatic rings. The summed E-state index contributed by atoms with van der Waals surface area (Å²) in [6.07, 6.45) is 3.49. The molecule has 1 saturated carbocycles. The van der Waals surface area contributed by atoms with E-state index in [4.69, 9.17) is 4.18 Å². The van der Waals surface area contributed by atoms with Crippen LogP contribution in [0.3, 0.4) is 0 Å². The van der Waals surface area contributed by atoms with Crippen LogP contribution < -0.4 is 0 Å². The Bertz CT molecular complexity index is 231. The van der Waals surface area contributed by atoms with Crippen LogP contribution in [0.25, 0.3) is 0 Å². The topological polar surface area (TPSA) is 43.4 Å². The Balaban J connectivity index is 2.32. The monoisotopic (exact) mass is 162 g/mol. The first-order valence-corrected chi connectivity index (χ1v) is 5.08. The lowest BCUT2D eigenvalue weighted by atomic mass is 9.98. The van der Waals surface area contributed by atoms with Crippen molar-refractivity contribution < 1.29 is 12.6 Å². The Morgan fingerprint density at radius 2 is 2.10 bits per heavy atom. The molecule has 1 heterocycles. The van der Waals surface area contributed by atoms with Crippen LogP contribution in [-0.2, 0) is 14.3 Å². The van der Waals surface area contributed by atoms with E-state index in [-0.39, 0.29) is 11.4 Å². The van der Waals surface area contributed by atoms with E-state index in [0.29, 0.717) is 0 Å². The van der Waals surface area contributed by atoms with Gasteiger partial charge in [0, 0.05) is 0 Å². The van der Waals surface area contributed by atoms with E-state index < -0.39 is 10.1 Å². The van der Waals surface area contributed by atoms with E-state index in [1.165, 1.54) is 0 Å². The summed E-state index contributed by atoms with van der Waals surface area (Å²) in [7, 11) is -3.12. The van der Waals surface area contributed by atoms with Gasteiger partial charge < -0.3 is 0 Å². The molecule has 2 bridgehead atoms. The average molecular weight is 162 g/mol. The molecule has 58 valence electrons. The molecule has 1 saturated heterocycles. The highest BCUT2D eigenvalue weighted by Gasteiger charge is 2.41. The Labute approximate surface area is 60.5 Å². The van der Waals surface area contributed by atoms with Crippen molar-refractivity contribution in [1.29, 1.82) is 0 Å². The SMILES string of the molecule is O=S1(=O)OC2CCCC1C2. The maximum atomic E-state index is 11.0. The molecule has 2 unspecified atom stereocenters. The predicted molar refractivity (Wildman–Crippen MR) is 36.0 cm³/mol. The van der Waals surface area contributed by atoms with Gasteiger partial charge in [0.05, 0.1) is 11.4 Å². The van der Waals surface area contributed by atoms with Gasteiger partial charge in [-0.2, -0.15) is 8.42 Å². The second kappa shape index (κ2) is 1.95. The molecule has 0 N–H and O–H groups in total. The molecule has 2 fully saturated rings. The van der Waals surface area contributed by atoms with E-state index in [2.05, 4.69) is 0 Å². The average Bonchev–Trinajstić information content (AvgIpc) is 2.04. The van der Waals surface area contributed by atoms with Crippen molar-refractivity contribution in [3.05, 3.63) is 0 Å². The van der Waals surface area contributed by atoms with Crippen LogP contribution in [0.1, 0.15) is 25.7 Å². The van der Waals surface area contributed by atoms with Gasteiger partial charge in [0.25, 0.3) is 10.1 Å². The minimum atomic E-state index is -3.12. The highest BCUT2D eigenvalue weighted by atomic mass is 32.2. The smallest absolute Gasteiger partial charge is 0.267 e. The minimum Gasteiger partial charge on any atom is -0.267 e. The van der Waals surface area contributed by atoms with Crippen LogP contribution in [0.2, 0.25) is 0 Å². The van der Waals surface area contributed by atoms with Crippen LogP contribution in [-0.4, -0.2) is 19.8 Å². The maximum Gasteiger partial charge on any atom is 0.270 e. The highest BCUT2D eigenvalue weighted by Crippen LogP contribution is 2.34. The quantitative estimate of drug-likeness (QED) is 0.491. The van der Waals surface area contributed by atoms with Crippen LogP contribution in [0.4, 0.5) is 0 Å². The first-order chi connectivity index (χ1) is 4.68. The van der Waals surface area contributed by atoms with Crippen molar-refractivity contribution in [2.75, 3.05) is 0 Å². The first-order valence-electron chi connectivity index (χ1n) is 3.60. The Kier molecular flexibility index (Phi) is 1.29. The zero-order valence-corrected chi connectivity index (χ0v) is 6.43. The number of fused-ring (bicyclic) bond motifs is 2. The molecule has 1 aliphatic heterocycles. The molecule has 1 aliphatic carbocycles. The molecule has 0 aromatic heterocycles. The Morgan fingerprint density at radius 3 is 2.70 bits per heavy atom. The molecule has 2 rings (SSSR count).